The van der Waals surface area contributed by atoms with Crippen molar-refractivity contribution in [3.63, 3.8) is 0 Å². The Morgan fingerprint density at radius 1 is 1.69 bits per heavy atom. The maximum absolute atomic E-state index is 5.89. The summed E-state index contributed by atoms with van der Waals surface area (Å²) in [5, 5.41) is 4.85. The quantitative estimate of drug-likeness (QED) is 0.810. The zero-order chi connectivity index (χ0) is 9.84. The summed E-state index contributed by atoms with van der Waals surface area (Å²) in [6.07, 6.45) is 3.79. The van der Waals surface area contributed by atoms with E-state index in [0.29, 0.717) is 5.02 Å². The van der Waals surface area contributed by atoms with Crippen LogP contribution in [0.5, 0.6) is 0 Å². The maximum atomic E-state index is 5.89. The fourth-order valence-corrected chi connectivity index (χ4v) is 1.43. The molecule has 2 N–H and O–H groups in total. The Hall–Kier alpha value is -0.540. The smallest absolute Gasteiger partial charge is 0.0814 e. The second-order valence-corrected chi connectivity index (χ2v) is 3.72. The van der Waals surface area contributed by atoms with E-state index >= 15 is 0 Å². The Bertz CT molecular complexity index is 270. The van der Waals surface area contributed by atoms with Crippen molar-refractivity contribution in [2.45, 2.75) is 39.3 Å². The highest BCUT2D eigenvalue weighted by atomic mass is 35.5. The highest BCUT2D eigenvalue weighted by Gasteiger charge is 2.07. The molecule has 0 spiro atoms. The molecule has 0 fully saturated rings. The van der Waals surface area contributed by atoms with E-state index in [0.717, 1.165) is 25.1 Å². The molecule has 1 aromatic rings. The summed E-state index contributed by atoms with van der Waals surface area (Å²) in [6.45, 7) is 4.84. The first-order valence-electron chi connectivity index (χ1n) is 4.58. The van der Waals surface area contributed by atoms with Crippen LogP contribution >= 0.6 is 11.6 Å². The summed E-state index contributed by atoms with van der Waals surface area (Å²) < 4.78 is 1.86. The van der Waals surface area contributed by atoms with Crippen molar-refractivity contribution in [1.29, 1.82) is 0 Å². The Balaban J connectivity index is 2.58. The molecule has 0 bridgehead atoms. The van der Waals surface area contributed by atoms with Crippen molar-refractivity contribution in [1.82, 2.24) is 9.78 Å². The van der Waals surface area contributed by atoms with Crippen LogP contribution in [0.4, 0.5) is 0 Å². The number of aromatic nitrogens is 2. The first-order chi connectivity index (χ1) is 6.15. The molecular weight excluding hydrogens is 186 g/mol. The highest BCUT2D eigenvalue weighted by Crippen LogP contribution is 2.13. The summed E-state index contributed by atoms with van der Waals surface area (Å²) in [4.78, 5) is 0. The molecule has 0 aliphatic rings. The Morgan fingerprint density at radius 2 is 2.38 bits per heavy atom. The molecule has 0 radical (unpaired) electrons. The van der Waals surface area contributed by atoms with Gasteiger partial charge >= 0.3 is 0 Å². The Labute approximate surface area is 83.9 Å². The van der Waals surface area contributed by atoms with E-state index in [2.05, 4.69) is 12.0 Å². The van der Waals surface area contributed by atoms with E-state index in [1.54, 1.807) is 6.20 Å². The highest BCUT2D eigenvalue weighted by molar-refractivity contribution is 6.31. The number of nitrogens with two attached hydrogens (primary N) is 1. The molecule has 13 heavy (non-hydrogen) atoms. The van der Waals surface area contributed by atoms with E-state index < -0.39 is 0 Å². The number of nitrogens with zero attached hydrogens (tertiary/aromatic N) is 2. The number of rotatable bonds is 4. The predicted molar refractivity (Wildman–Crippen MR) is 54.9 cm³/mol. The van der Waals surface area contributed by atoms with Crippen LogP contribution < -0.4 is 5.73 Å². The summed E-state index contributed by atoms with van der Waals surface area (Å²) in [7, 11) is 0. The average Bonchev–Trinajstić information content (AvgIpc) is 2.37. The minimum Gasteiger partial charge on any atom is -0.326 e. The minimum atomic E-state index is 0.180. The van der Waals surface area contributed by atoms with Crippen LogP contribution in [0.25, 0.3) is 0 Å². The van der Waals surface area contributed by atoms with Gasteiger partial charge in [0.15, 0.2) is 0 Å². The topological polar surface area (TPSA) is 43.8 Å². The molecule has 0 aliphatic heterocycles. The average molecular weight is 202 g/mol. The van der Waals surface area contributed by atoms with Gasteiger partial charge in [0.2, 0.25) is 0 Å². The van der Waals surface area contributed by atoms with Crippen molar-refractivity contribution in [2.24, 2.45) is 5.73 Å². The van der Waals surface area contributed by atoms with Crippen molar-refractivity contribution in [3.05, 3.63) is 16.9 Å². The lowest BCUT2D eigenvalue weighted by Gasteiger charge is -2.11. The van der Waals surface area contributed by atoms with Crippen LogP contribution in [0.2, 0.25) is 5.02 Å². The molecule has 1 heterocycles. The van der Waals surface area contributed by atoms with Crippen molar-refractivity contribution in [2.75, 3.05) is 0 Å². The number of hydrogen-bond donors (Lipinski definition) is 1. The molecule has 0 saturated heterocycles. The van der Waals surface area contributed by atoms with Crippen LogP contribution in [0, 0.1) is 6.92 Å². The van der Waals surface area contributed by atoms with Gasteiger partial charge in [0.1, 0.15) is 0 Å². The van der Waals surface area contributed by atoms with E-state index in [9.17, 15) is 0 Å². The first kappa shape index (κ1) is 10.5. The van der Waals surface area contributed by atoms with E-state index in [1.165, 1.54) is 0 Å². The minimum absolute atomic E-state index is 0.180. The Morgan fingerprint density at radius 3 is 2.85 bits per heavy atom. The Kier molecular flexibility index (Phi) is 3.75. The van der Waals surface area contributed by atoms with Gasteiger partial charge in [-0.05, 0) is 13.3 Å². The van der Waals surface area contributed by atoms with Crippen LogP contribution in [0.15, 0.2) is 6.20 Å². The molecule has 1 unspecified atom stereocenters. The fraction of sp³-hybridized carbons (Fsp3) is 0.667. The van der Waals surface area contributed by atoms with Gasteiger partial charge < -0.3 is 5.73 Å². The molecular formula is C9H16ClN3. The van der Waals surface area contributed by atoms with E-state index in [1.807, 2.05) is 11.6 Å². The van der Waals surface area contributed by atoms with Crippen LogP contribution in [-0.2, 0) is 6.54 Å². The molecule has 0 saturated carbocycles. The zero-order valence-electron chi connectivity index (χ0n) is 8.13. The lowest BCUT2D eigenvalue weighted by Crippen LogP contribution is -2.26. The third-order valence-electron chi connectivity index (χ3n) is 2.11. The first-order valence-corrected chi connectivity index (χ1v) is 4.96. The van der Waals surface area contributed by atoms with Gasteiger partial charge in [0.05, 0.1) is 23.5 Å². The van der Waals surface area contributed by atoms with Gasteiger partial charge in [0, 0.05) is 6.04 Å². The largest absolute Gasteiger partial charge is 0.326 e. The predicted octanol–water partition coefficient (Wildman–Crippen LogP) is 1.97. The normalized spacial score (nSPS) is 13.2. The molecule has 1 rings (SSSR count). The van der Waals surface area contributed by atoms with Gasteiger partial charge in [-0.2, -0.15) is 5.10 Å². The summed E-state index contributed by atoms with van der Waals surface area (Å²) in [5.74, 6) is 0. The van der Waals surface area contributed by atoms with Crippen LogP contribution in [0.1, 0.15) is 25.5 Å². The van der Waals surface area contributed by atoms with Crippen molar-refractivity contribution < 1.29 is 0 Å². The lowest BCUT2D eigenvalue weighted by atomic mass is 10.2. The molecule has 0 amide bonds. The SMILES string of the molecule is CCCC(N)Cn1ncc(Cl)c1C. The molecule has 1 aromatic heterocycles. The number of hydrogen-bond acceptors (Lipinski definition) is 2. The van der Waals surface area contributed by atoms with Crippen LogP contribution in [0.3, 0.4) is 0 Å². The zero-order valence-corrected chi connectivity index (χ0v) is 8.88. The molecule has 1 atom stereocenters. The second kappa shape index (κ2) is 4.63. The van der Waals surface area contributed by atoms with Gasteiger partial charge in [-0.15, -0.1) is 0 Å². The van der Waals surface area contributed by atoms with Crippen molar-refractivity contribution in [3.8, 4) is 0 Å². The third-order valence-corrected chi connectivity index (χ3v) is 2.48. The fourth-order valence-electron chi connectivity index (χ4n) is 1.29. The van der Waals surface area contributed by atoms with Gasteiger partial charge in [0.25, 0.3) is 0 Å². The van der Waals surface area contributed by atoms with Crippen LogP contribution in [-0.4, -0.2) is 15.8 Å². The van der Waals surface area contributed by atoms with Gasteiger partial charge in [-0.1, -0.05) is 24.9 Å². The number of halogens is 1. The molecule has 74 valence electrons. The van der Waals surface area contributed by atoms with Gasteiger partial charge in [-0.3, -0.25) is 4.68 Å². The summed E-state index contributed by atoms with van der Waals surface area (Å²) in [5.41, 5.74) is 6.88. The molecule has 0 aliphatic carbocycles. The molecule has 3 nitrogen and oxygen atoms in total. The second-order valence-electron chi connectivity index (χ2n) is 3.31. The molecule has 0 aromatic carbocycles. The summed E-state index contributed by atoms with van der Waals surface area (Å²) >= 11 is 5.87. The van der Waals surface area contributed by atoms with Crippen molar-refractivity contribution >= 4 is 11.6 Å². The standard InChI is InChI=1S/C9H16ClN3/c1-3-4-8(11)6-13-7(2)9(10)5-12-13/h5,8H,3-4,6,11H2,1-2H3. The van der Waals surface area contributed by atoms with E-state index in [4.69, 9.17) is 17.3 Å². The van der Waals surface area contributed by atoms with E-state index in [-0.39, 0.29) is 6.04 Å². The third kappa shape index (κ3) is 2.71. The molecule has 4 heteroatoms. The summed E-state index contributed by atoms with van der Waals surface area (Å²) in [6, 6.07) is 0.180. The van der Waals surface area contributed by atoms with Gasteiger partial charge in [-0.25, -0.2) is 0 Å². The monoisotopic (exact) mass is 201 g/mol. The maximum Gasteiger partial charge on any atom is 0.0814 e. The lowest BCUT2D eigenvalue weighted by molar-refractivity contribution is 0.474.